The van der Waals surface area contributed by atoms with Crippen LogP contribution in [0.15, 0.2) is 108 Å². The van der Waals surface area contributed by atoms with Gasteiger partial charge >= 0.3 is 0 Å². The Morgan fingerprint density at radius 1 is 0.778 bits per heavy atom. The van der Waals surface area contributed by atoms with Crippen molar-refractivity contribution < 1.29 is 14.9 Å². The molecule has 0 spiro atoms. The minimum atomic E-state index is -1.17. The third kappa shape index (κ3) is 4.91. The lowest BCUT2D eigenvalue weighted by molar-refractivity contribution is 0.107. The summed E-state index contributed by atoms with van der Waals surface area (Å²) in [7, 11) is 1.61. The van der Waals surface area contributed by atoms with Crippen LogP contribution in [0.1, 0.15) is 54.7 Å². The van der Waals surface area contributed by atoms with E-state index in [4.69, 9.17) is 9.73 Å². The van der Waals surface area contributed by atoms with Gasteiger partial charge in [0, 0.05) is 17.3 Å². The Bertz CT molecular complexity index is 1270. The van der Waals surface area contributed by atoms with Gasteiger partial charge in [0.2, 0.25) is 0 Å². The molecule has 2 N–H and O–H groups in total. The number of aromatic hydroxyl groups is 1. The Morgan fingerprint density at radius 2 is 1.28 bits per heavy atom. The van der Waals surface area contributed by atoms with Gasteiger partial charge in [-0.3, -0.25) is 4.99 Å². The summed E-state index contributed by atoms with van der Waals surface area (Å²) in [5, 5.41) is 23.2. The lowest BCUT2D eigenvalue weighted by Crippen LogP contribution is -2.33. The van der Waals surface area contributed by atoms with E-state index in [0.29, 0.717) is 11.3 Å². The molecule has 1 atom stereocenters. The first-order valence-corrected chi connectivity index (χ1v) is 12.1. The topological polar surface area (TPSA) is 62.0 Å². The summed E-state index contributed by atoms with van der Waals surface area (Å²) in [6, 6.07) is 32.7. The van der Waals surface area contributed by atoms with E-state index in [-0.39, 0.29) is 11.2 Å². The van der Waals surface area contributed by atoms with Crippen molar-refractivity contribution in [3.8, 4) is 11.5 Å². The van der Waals surface area contributed by atoms with Gasteiger partial charge in [0.25, 0.3) is 0 Å². The Kier molecular flexibility index (Phi) is 7.27. The minimum absolute atomic E-state index is 0.149. The molecule has 184 valence electrons. The summed E-state index contributed by atoms with van der Waals surface area (Å²) >= 11 is 0. The number of rotatable bonds is 7. The molecule has 0 aliphatic rings. The number of benzene rings is 4. The molecule has 4 heteroatoms. The van der Waals surface area contributed by atoms with E-state index in [9.17, 15) is 10.2 Å². The Balaban J connectivity index is 2.00. The lowest BCUT2D eigenvalue weighted by atomic mass is 9.76. The number of ether oxygens (including phenoxy) is 1. The SMILES string of the molecule is COc1cc(C=NC(c2ccccc2)(c2ccccc2)[C@H](O)c2ccccc2)c(O)c(C(C)(C)C)c1. The van der Waals surface area contributed by atoms with Crippen molar-refractivity contribution in [3.63, 3.8) is 0 Å². The second kappa shape index (κ2) is 10.4. The van der Waals surface area contributed by atoms with Gasteiger partial charge in [-0.15, -0.1) is 0 Å². The molecule has 0 aliphatic heterocycles. The number of phenols is 1. The summed E-state index contributed by atoms with van der Waals surface area (Å²) in [5.74, 6) is 0.782. The van der Waals surface area contributed by atoms with E-state index in [1.54, 1.807) is 19.4 Å². The zero-order valence-electron chi connectivity index (χ0n) is 21.2. The predicted octanol–water partition coefficient (Wildman–Crippen LogP) is 6.79. The third-order valence-corrected chi connectivity index (χ3v) is 6.50. The highest BCUT2D eigenvalue weighted by Gasteiger charge is 2.42. The highest BCUT2D eigenvalue weighted by Crippen LogP contribution is 2.45. The normalized spacial score (nSPS) is 13.0. The summed E-state index contributed by atoms with van der Waals surface area (Å²) < 4.78 is 5.54. The fraction of sp³-hybridized carbons (Fsp3) is 0.219. The molecular formula is C32H33NO3. The standard InChI is InChI=1S/C32H33NO3/c1-31(2,3)28-21-27(36-4)20-24(29(28)34)22-33-32(25-16-10-6-11-17-25,26-18-12-7-13-19-26)30(35)23-14-8-5-9-15-23/h5-22,30,34-35H,1-4H3/t30-/m1/s1. The quantitative estimate of drug-likeness (QED) is 0.287. The molecule has 0 amide bonds. The summed E-state index contributed by atoms with van der Waals surface area (Å²) in [6.45, 7) is 6.12. The number of aliphatic hydroxyl groups excluding tert-OH is 1. The van der Waals surface area contributed by atoms with Crippen molar-refractivity contribution in [1.82, 2.24) is 0 Å². The molecule has 0 aromatic heterocycles. The fourth-order valence-electron chi connectivity index (χ4n) is 4.55. The van der Waals surface area contributed by atoms with Crippen LogP contribution >= 0.6 is 0 Å². The fourth-order valence-corrected chi connectivity index (χ4v) is 4.55. The average Bonchev–Trinajstić information content (AvgIpc) is 2.90. The number of hydrogen-bond acceptors (Lipinski definition) is 4. The van der Waals surface area contributed by atoms with Gasteiger partial charge in [0.05, 0.1) is 7.11 Å². The first-order chi connectivity index (χ1) is 17.3. The van der Waals surface area contributed by atoms with Crippen molar-refractivity contribution in [1.29, 1.82) is 0 Å². The van der Waals surface area contributed by atoms with Gasteiger partial charge in [-0.25, -0.2) is 0 Å². The molecule has 0 aliphatic carbocycles. The van der Waals surface area contributed by atoms with Crippen LogP contribution in [0.4, 0.5) is 0 Å². The van der Waals surface area contributed by atoms with E-state index in [1.807, 2.05) is 118 Å². The van der Waals surface area contributed by atoms with Crippen LogP contribution in [0.3, 0.4) is 0 Å². The first-order valence-electron chi connectivity index (χ1n) is 12.1. The molecule has 4 aromatic carbocycles. The van der Waals surface area contributed by atoms with Gasteiger partial charge in [-0.05, 0) is 34.2 Å². The second-order valence-electron chi connectivity index (χ2n) is 9.93. The molecule has 4 rings (SSSR count). The van der Waals surface area contributed by atoms with Gasteiger partial charge in [-0.1, -0.05) is 112 Å². The van der Waals surface area contributed by atoms with Gasteiger partial charge in [0.1, 0.15) is 23.1 Å². The van der Waals surface area contributed by atoms with Crippen molar-refractivity contribution in [2.24, 2.45) is 4.99 Å². The molecule has 4 aromatic rings. The van der Waals surface area contributed by atoms with Crippen LogP contribution in [-0.4, -0.2) is 23.5 Å². The maximum absolute atomic E-state index is 12.0. The lowest BCUT2D eigenvalue weighted by Gasteiger charge is -2.36. The molecule has 0 saturated heterocycles. The van der Waals surface area contributed by atoms with Crippen molar-refractivity contribution in [2.75, 3.05) is 7.11 Å². The van der Waals surface area contributed by atoms with Gasteiger partial charge in [0.15, 0.2) is 0 Å². The van der Waals surface area contributed by atoms with Crippen LogP contribution in [0, 0.1) is 0 Å². The zero-order valence-corrected chi connectivity index (χ0v) is 21.2. The zero-order chi connectivity index (χ0) is 25.8. The average molecular weight is 480 g/mol. The largest absolute Gasteiger partial charge is 0.507 e. The molecule has 0 saturated carbocycles. The highest BCUT2D eigenvalue weighted by molar-refractivity contribution is 5.86. The van der Waals surface area contributed by atoms with Crippen molar-refractivity contribution >= 4 is 6.21 Å². The molecule has 0 fully saturated rings. The number of nitrogens with zero attached hydrogens (tertiary/aromatic N) is 1. The van der Waals surface area contributed by atoms with E-state index in [2.05, 4.69) is 0 Å². The Hall–Kier alpha value is -3.89. The van der Waals surface area contributed by atoms with Crippen molar-refractivity contribution in [3.05, 3.63) is 131 Å². The van der Waals surface area contributed by atoms with Gasteiger partial charge in [-0.2, -0.15) is 0 Å². The highest BCUT2D eigenvalue weighted by atomic mass is 16.5. The number of methoxy groups -OCH3 is 1. The molecule has 0 unspecified atom stereocenters. The summed E-state index contributed by atoms with van der Waals surface area (Å²) in [6.07, 6.45) is 0.661. The van der Waals surface area contributed by atoms with Crippen molar-refractivity contribution in [2.45, 2.75) is 37.8 Å². The maximum Gasteiger partial charge on any atom is 0.141 e. The summed E-state index contributed by atoms with van der Waals surface area (Å²) in [4.78, 5) is 5.11. The van der Waals surface area contributed by atoms with Crippen LogP contribution in [0.2, 0.25) is 0 Å². The smallest absolute Gasteiger partial charge is 0.141 e. The molecular weight excluding hydrogens is 446 g/mol. The van der Waals surface area contributed by atoms with Gasteiger partial charge < -0.3 is 14.9 Å². The predicted molar refractivity (Wildman–Crippen MR) is 146 cm³/mol. The summed E-state index contributed by atoms with van der Waals surface area (Å²) in [5.41, 5.74) is 2.23. The molecule has 36 heavy (non-hydrogen) atoms. The van der Waals surface area contributed by atoms with E-state index in [1.165, 1.54) is 0 Å². The molecule has 4 nitrogen and oxygen atoms in total. The number of hydrogen-bond donors (Lipinski definition) is 2. The first kappa shape index (κ1) is 25.2. The molecule has 0 heterocycles. The molecule has 0 bridgehead atoms. The minimum Gasteiger partial charge on any atom is -0.507 e. The van der Waals surface area contributed by atoms with Crippen LogP contribution in [0.5, 0.6) is 11.5 Å². The second-order valence-corrected chi connectivity index (χ2v) is 9.93. The Morgan fingerprint density at radius 3 is 1.75 bits per heavy atom. The van der Waals surface area contributed by atoms with E-state index >= 15 is 0 Å². The van der Waals surface area contributed by atoms with E-state index in [0.717, 1.165) is 22.3 Å². The molecule has 0 radical (unpaired) electrons. The maximum atomic E-state index is 12.0. The number of phenolic OH excluding ortho intramolecular Hbond substituents is 1. The van der Waals surface area contributed by atoms with E-state index < -0.39 is 11.6 Å². The van der Waals surface area contributed by atoms with Crippen LogP contribution in [0.25, 0.3) is 0 Å². The number of aliphatic imine (C=N–C) groups is 1. The third-order valence-electron chi connectivity index (χ3n) is 6.50. The van der Waals surface area contributed by atoms with Crippen LogP contribution in [-0.2, 0) is 11.0 Å². The Labute approximate surface area is 213 Å². The monoisotopic (exact) mass is 479 g/mol. The number of aliphatic hydroxyl groups is 1. The van der Waals surface area contributed by atoms with Crippen LogP contribution < -0.4 is 4.74 Å².